The van der Waals surface area contributed by atoms with E-state index in [9.17, 15) is 13.2 Å². The molecule has 1 atom stereocenters. The third kappa shape index (κ3) is 4.34. The van der Waals surface area contributed by atoms with Crippen molar-refractivity contribution >= 4 is 42.6 Å². The largest absolute Gasteiger partial charge is 0.282 e. The Labute approximate surface area is 202 Å². The van der Waals surface area contributed by atoms with Crippen molar-refractivity contribution in [1.29, 1.82) is 0 Å². The summed E-state index contributed by atoms with van der Waals surface area (Å²) in [6.07, 6.45) is 4.49. The highest BCUT2D eigenvalue weighted by atomic mass is 32.2. The molecule has 1 saturated heterocycles. The lowest BCUT2D eigenvalue weighted by Crippen LogP contribution is -2.47. The van der Waals surface area contributed by atoms with Crippen LogP contribution in [0.25, 0.3) is 10.2 Å². The Kier molecular flexibility index (Phi) is 6.16. The fourth-order valence-electron chi connectivity index (χ4n) is 4.19. The smallest absolute Gasteiger partial charge is 0.247 e. The summed E-state index contributed by atoms with van der Waals surface area (Å²) in [6.45, 7) is 2.49. The number of carbonyl (C=O) groups excluding carboxylic acids is 1. The van der Waals surface area contributed by atoms with Crippen LogP contribution in [0.5, 0.6) is 0 Å². The maximum Gasteiger partial charge on any atom is 0.247 e. The second-order valence-corrected chi connectivity index (χ2v) is 11.2. The molecule has 4 aromatic rings. The number of aryl methyl sites for hydroxylation is 1. The third-order valence-corrected chi connectivity index (χ3v) is 8.94. The van der Waals surface area contributed by atoms with Gasteiger partial charge in [0.25, 0.3) is 0 Å². The lowest BCUT2D eigenvalue weighted by Gasteiger charge is -2.28. The number of benzene rings is 2. The van der Waals surface area contributed by atoms with Crippen LogP contribution in [0, 0.1) is 6.92 Å². The van der Waals surface area contributed by atoms with Crippen LogP contribution in [0.4, 0.5) is 5.13 Å². The predicted octanol–water partition coefficient (Wildman–Crippen LogP) is 4.39. The average molecular weight is 493 g/mol. The van der Waals surface area contributed by atoms with E-state index in [1.165, 1.54) is 15.6 Å². The first-order valence-corrected chi connectivity index (χ1v) is 13.3. The predicted molar refractivity (Wildman–Crippen MR) is 133 cm³/mol. The van der Waals surface area contributed by atoms with E-state index in [2.05, 4.69) is 4.98 Å². The van der Waals surface area contributed by atoms with E-state index in [-0.39, 0.29) is 17.3 Å². The molecular weight excluding hydrogens is 468 g/mol. The molecule has 2 aromatic carbocycles. The first-order chi connectivity index (χ1) is 16.4. The molecule has 174 valence electrons. The minimum absolute atomic E-state index is 0.205. The number of sulfonamides is 1. The number of amides is 1. The Bertz CT molecular complexity index is 1390. The monoisotopic (exact) mass is 492 g/mol. The van der Waals surface area contributed by atoms with E-state index in [1.807, 2.05) is 43.3 Å². The molecule has 2 aromatic heterocycles. The van der Waals surface area contributed by atoms with E-state index < -0.39 is 16.1 Å². The molecule has 0 spiro atoms. The Morgan fingerprint density at radius 1 is 1.12 bits per heavy atom. The van der Waals surface area contributed by atoms with Gasteiger partial charge in [-0.15, -0.1) is 0 Å². The maximum absolute atomic E-state index is 13.9. The van der Waals surface area contributed by atoms with Crippen LogP contribution in [0.2, 0.25) is 0 Å². The number of nitrogens with zero attached hydrogens (tertiary/aromatic N) is 4. The summed E-state index contributed by atoms with van der Waals surface area (Å²) in [5.41, 5.74) is 2.63. The number of para-hydroxylation sites is 1. The number of pyridine rings is 1. The Morgan fingerprint density at radius 3 is 2.65 bits per heavy atom. The van der Waals surface area contributed by atoms with Gasteiger partial charge in [0, 0.05) is 18.9 Å². The van der Waals surface area contributed by atoms with Crippen LogP contribution in [-0.4, -0.2) is 41.2 Å². The van der Waals surface area contributed by atoms with Crippen molar-refractivity contribution < 1.29 is 13.2 Å². The lowest BCUT2D eigenvalue weighted by molar-refractivity contribution is -0.121. The average Bonchev–Trinajstić information content (AvgIpc) is 3.51. The van der Waals surface area contributed by atoms with E-state index in [1.54, 1.807) is 41.6 Å². The first-order valence-electron chi connectivity index (χ1n) is 11.1. The molecule has 1 unspecified atom stereocenters. The van der Waals surface area contributed by atoms with Crippen LogP contribution in [0.3, 0.4) is 0 Å². The second-order valence-electron chi connectivity index (χ2n) is 8.34. The molecule has 0 radical (unpaired) electrons. The van der Waals surface area contributed by atoms with Crippen LogP contribution >= 0.6 is 11.3 Å². The summed E-state index contributed by atoms with van der Waals surface area (Å²) in [6, 6.07) is 17.4. The van der Waals surface area contributed by atoms with Crippen LogP contribution in [0.1, 0.15) is 24.0 Å². The zero-order valence-electron chi connectivity index (χ0n) is 18.7. The molecule has 1 aliphatic heterocycles. The molecule has 1 aliphatic rings. The van der Waals surface area contributed by atoms with Crippen molar-refractivity contribution in [1.82, 2.24) is 14.3 Å². The molecule has 0 aliphatic carbocycles. The Hall–Kier alpha value is -3.14. The van der Waals surface area contributed by atoms with Gasteiger partial charge in [-0.3, -0.25) is 14.7 Å². The molecule has 0 bridgehead atoms. The topological polar surface area (TPSA) is 83.5 Å². The molecule has 1 amide bonds. The van der Waals surface area contributed by atoms with Crippen LogP contribution < -0.4 is 4.90 Å². The number of thiazole rings is 1. The van der Waals surface area contributed by atoms with Gasteiger partial charge >= 0.3 is 0 Å². The van der Waals surface area contributed by atoms with Crippen LogP contribution in [-0.2, 0) is 21.4 Å². The van der Waals surface area contributed by atoms with Gasteiger partial charge in [0.1, 0.15) is 6.04 Å². The third-order valence-electron chi connectivity index (χ3n) is 5.96. The standard InChI is InChI=1S/C25H24N4O3S2/c1-18-10-12-20(13-11-18)34(31,32)29-15-5-8-22(29)24(30)28(17-19-6-4-14-26-16-19)25-27-21-7-2-3-9-23(21)33-25/h2-4,6-7,9-14,16,22H,5,8,15,17H2,1H3. The van der Waals surface area contributed by atoms with Crippen molar-refractivity contribution in [3.8, 4) is 0 Å². The molecular formula is C25H24N4O3S2. The maximum atomic E-state index is 13.9. The molecule has 3 heterocycles. The highest BCUT2D eigenvalue weighted by Gasteiger charge is 2.42. The van der Waals surface area contributed by atoms with Crippen molar-refractivity contribution in [2.75, 3.05) is 11.4 Å². The zero-order chi connectivity index (χ0) is 23.7. The van der Waals surface area contributed by atoms with Crippen molar-refractivity contribution in [3.05, 3.63) is 84.2 Å². The number of hydrogen-bond acceptors (Lipinski definition) is 6. The van der Waals surface area contributed by atoms with Gasteiger partial charge in [0.15, 0.2) is 5.13 Å². The minimum Gasteiger partial charge on any atom is -0.282 e. The van der Waals surface area contributed by atoms with E-state index >= 15 is 0 Å². The van der Waals surface area contributed by atoms with Gasteiger partial charge in [-0.1, -0.05) is 47.2 Å². The van der Waals surface area contributed by atoms with E-state index in [0.717, 1.165) is 21.3 Å². The highest BCUT2D eigenvalue weighted by molar-refractivity contribution is 7.89. The molecule has 9 heteroatoms. The Morgan fingerprint density at radius 2 is 1.91 bits per heavy atom. The summed E-state index contributed by atoms with van der Waals surface area (Å²) in [4.78, 5) is 24.6. The van der Waals surface area contributed by atoms with Crippen molar-refractivity contribution in [2.24, 2.45) is 0 Å². The van der Waals surface area contributed by atoms with Crippen molar-refractivity contribution in [2.45, 2.75) is 37.2 Å². The number of aromatic nitrogens is 2. The van der Waals surface area contributed by atoms with Gasteiger partial charge in [0.2, 0.25) is 15.9 Å². The molecule has 34 heavy (non-hydrogen) atoms. The zero-order valence-corrected chi connectivity index (χ0v) is 20.3. The summed E-state index contributed by atoms with van der Waals surface area (Å²) in [5.74, 6) is -0.268. The molecule has 5 rings (SSSR count). The number of carbonyl (C=O) groups is 1. The highest BCUT2D eigenvalue weighted by Crippen LogP contribution is 2.33. The summed E-state index contributed by atoms with van der Waals surface area (Å²) >= 11 is 1.42. The van der Waals surface area contributed by atoms with Gasteiger partial charge in [0.05, 0.1) is 21.7 Å². The number of hydrogen-bond donors (Lipinski definition) is 0. The van der Waals surface area contributed by atoms with Gasteiger partial charge in [-0.05, 0) is 55.7 Å². The molecule has 7 nitrogen and oxygen atoms in total. The fourth-order valence-corrected chi connectivity index (χ4v) is 6.81. The number of fused-ring (bicyclic) bond motifs is 1. The van der Waals surface area contributed by atoms with Gasteiger partial charge < -0.3 is 0 Å². The number of anilines is 1. The van der Waals surface area contributed by atoms with E-state index in [4.69, 9.17) is 4.98 Å². The van der Waals surface area contributed by atoms with Crippen molar-refractivity contribution in [3.63, 3.8) is 0 Å². The van der Waals surface area contributed by atoms with Gasteiger partial charge in [-0.25, -0.2) is 13.4 Å². The quantitative estimate of drug-likeness (QED) is 0.399. The van der Waals surface area contributed by atoms with Gasteiger partial charge in [-0.2, -0.15) is 4.31 Å². The first kappa shape index (κ1) is 22.6. The normalized spacial score (nSPS) is 16.7. The molecule has 1 fully saturated rings. The minimum atomic E-state index is -3.81. The van der Waals surface area contributed by atoms with E-state index in [0.29, 0.717) is 24.5 Å². The SMILES string of the molecule is Cc1ccc(S(=O)(=O)N2CCCC2C(=O)N(Cc2cccnc2)c2nc3ccccc3s2)cc1. The molecule has 0 saturated carbocycles. The Balaban J connectivity index is 1.51. The summed E-state index contributed by atoms with van der Waals surface area (Å²) in [5, 5.41) is 0.551. The molecule has 0 N–H and O–H groups in total. The number of rotatable bonds is 6. The van der Waals surface area contributed by atoms with Crippen LogP contribution in [0.15, 0.2) is 78.0 Å². The lowest BCUT2D eigenvalue weighted by atomic mass is 10.2. The summed E-state index contributed by atoms with van der Waals surface area (Å²) in [7, 11) is -3.81. The summed E-state index contributed by atoms with van der Waals surface area (Å²) < 4.78 is 29.2. The fraction of sp³-hybridized carbons (Fsp3) is 0.240. The second kappa shape index (κ2) is 9.25.